The van der Waals surface area contributed by atoms with E-state index in [1.165, 1.54) is 0 Å². The zero-order valence-corrected chi connectivity index (χ0v) is 16.4. The fourth-order valence-corrected chi connectivity index (χ4v) is 4.45. The van der Waals surface area contributed by atoms with Crippen LogP contribution in [0.2, 0.25) is 0 Å². The van der Waals surface area contributed by atoms with Crippen LogP contribution in [0.4, 0.5) is 0 Å². The normalized spacial score (nSPS) is 16.7. The summed E-state index contributed by atoms with van der Waals surface area (Å²) in [5.41, 5.74) is 0.816. The quantitative estimate of drug-likeness (QED) is 0.701. The van der Waals surface area contributed by atoms with Gasteiger partial charge in [0, 0.05) is 12.8 Å². The summed E-state index contributed by atoms with van der Waals surface area (Å²) in [7, 11) is -1.96. The Bertz CT molecular complexity index is 727. The van der Waals surface area contributed by atoms with Crippen molar-refractivity contribution in [3.8, 4) is 11.5 Å². The van der Waals surface area contributed by atoms with Crippen molar-refractivity contribution in [3.05, 3.63) is 23.8 Å². The van der Waals surface area contributed by atoms with Gasteiger partial charge in [-0.05, 0) is 50.0 Å². The van der Waals surface area contributed by atoms with Crippen molar-refractivity contribution in [2.24, 2.45) is 0 Å². The number of ether oxygens (including phenoxy) is 2. The SMILES string of the molecule is CCCOc1ccc(CNC(=O)C2(S(C)(=O)=O)CCNCC2)cc1OC. The van der Waals surface area contributed by atoms with Crippen LogP contribution < -0.4 is 20.1 Å². The molecule has 1 fully saturated rings. The van der Waals surface area contributed by atoms with E-state index in [0.29, 0.717) is 31.2 Å². The minimum absolute atomic E-state index is 0.230. The average molecular weight is 384 g/mol. The Morgan fingerprint density at radius 2 is 1.96 bits per heavy atom. The molecule has 7 nitrogen and oxygen atoms in total. The number of hydrogen-bond acceptors (Lipinski definition) is 6. The first-order valence-electron chi connectivity index (χ1n) is 8.82. The third-order valence-electron chi connectivity index (χ3n) is 4.68. The number of carbonyl (C=O) groups is 1. The molecule has 0 unspecified atom stereocenters. The van der Waals surface area contributed by atoms with Gasteiger partial charge >= 0.3 is 0 Å². The highest BCUT2D eigenvalue weighted by Gasteiger charge is 2.48. The molecule has 146 valence electrons. The van der Waals surface area contributed by atoms with E-state index in [-0.39, 0.29) is 19.4 Å². The minimum atomic E-state index is -3.52. The summed E-state index contributed by atoms with van der Waals surface area (Å²) >= 11 is 0. The van der Waals surface area contributed by atoms with E-state index in [0.717, 1.165) is 18.2 Å². The van der Waals surface area contributed by atoms with Crippen LogP contribution in [0.3, 0.4) is 0 Å². The smallest absolute Gasteiger partial charge is 0.241 e. The highest BCUT2D eigenvalue weighted by Crippen LogP contribution is 2.30. The first-order valence-corrected chi connectivity index (χ1v) is 10.7. The van der Waals surface area contributed by atoms with E-state index < -0.39 is 20.5 Å². The third kappa shape index (κ3) is 4.48. The van der Waals surface area contributed by atoms with Crippen LogP contribution in [0.5, 0.6) is 11.5 Å². The molecule has 2 N–H and O–H groups in total. The molecule has 1 saturated heterocycles. The number of nitrogens with one attached hydrogen (secondary N) is 2. The second kappa shape index (κ2) is 8.73. The van der Waals surface area contributed by atoms with Gasteiger partial charge in [0.25, 0.3) is 0 Å². The maximum atomic E-state index is 12.7. The van der Waals surface area contributed by atoms with Gasteiger partial charge in [-0.3, -0.25) is 4.79 Å². The standard InChI is InChI=1S/C18H28N2O5S/c1-4-11-25-15-6-5-14(12-16(15)24-2)13-20-17(21)18(26(3,22)23)7-9-19-10-8-18/h5-6,12,19H,4,7-11,13H2,1-3H3,(H,20,21). The molecule has 1 aliphatic heterocycles. The van der Waals surface area contributed by atoms with Crippen molar-refractivity contribution in [3.63, 3.8) is 0 Å². The molecular formula is C18H28N2O5S. The molecule has 0 aliphatic carbocycles. The van der Waals surface area contributed by atoms with Crippen molar-refractivity contribution in [2.75, 3.05) is 33.1 Å². The Labute approximate surface area is 155 Å². The van der Waals surface area contributed by atoms with Crippen LogP contribution in [-0.2, 0) is 21.2 Å². The summed E-state index contributed by atoms with van der Waals surface area (Å²) in [6, 6.07) is 5.43. The monoisotopic (exact) mass is 384 g/mol. The average Bonchev–Trinajstić information content (AvgIpc) is 2.64. The van der Waals surface area contributed by atoms with Crippen molar-refractivity contribution in [2.45, 2.75) is 37.5 Å². The van der Waals surface area contributed by atoms with Gasteiger partial charge in [-0.15, -0.1) is 0 Å². The van der Waals surface area contributed by atoms with E-state index in [4.69, 9.17) is 9.47 Å². The first kappa shape index (κ1) is 20.5. The zero-order valence-electron chi connectivity index (χ0n) is 15.6. The molecule has 1 aromatic carbocycles. The number of hydrogen-bond donors (Lipinski definition) is 2. The van der Waals surface area contributed by atoms with Gasteiger partial charge in [0.1, 0.15) is 0 Å². The fourth-order valence-electron chi connectivity index (χ4n) is 3.09. The molecule has 1 aliphatic rings. The van der Waals surface area contributed by atoms with Crippen molar-refractivity contribution in [1.82, 2.24) is 10.6 Å². The van der Waals surface area contributed by atoms with E-state index in [2.05, 4.69) is 10.6 Å². The summed E-state index contributed by atoms with van der Waals surface area (Å²) in [6.07, 6.45) is 2.60. The van der Waals surface area contributed by atoms with Gasteiger partial charge in [0.05, 0.1) is 13.7 Å². The number of methoxy groups -OCH3 is 1. The summed E-state index contributed by atoms with van der Waals surface area (Å²) in [5, 5.41) is 5.89. The first-order chi connectivity index (χ1) is 12.3. The van der Waals surface area contributed by atoms with Gasteiger partial charge in [0.2, 0.25) is 5.91 Å². The lowest BCUT2D eigenvalue weighted by atomic mass is 9.95. The van der Waals surface area contributed by atoms with Crippen molar-refractivity contribution < 1.29 is 22.7 Å². The Morgan fingerprint density at radius 3 is 2.54 bits per heavy atom. The topological polar surface area (TPSA) is 93.7 Å². The predicted octanol–water partition coefficient (Wildman–Crippen LogP) is 1.27. The van der Waals surface area contributed by atoms with Crippen LogP contribution in [-0.4, -0.2) is 52.1 Å². The Kier molecular flexibility index (Phi) is 6.88. The maximum absolute atomic E-state index is 12.7. The molecule has 1 heterocycles. The van der Waals surface area contributed by atoms with Gasteiger partial charge < -0.3 is 20.1 Å². The summed E-state index contributed by atoms with van der Waals surface area (Å²) in [4.78, 5) is 12.7. The Balaban J connectivity index is 2.10. The van der Waals surface area contributed by atoms with Crippen LogP contribution in [0, 0.1) is 0 Å². The van der Waals surface area contributed by atoms with Gasteiger partial charge in [-0.2, -0.15) is 0 Å². The van der Waals surface area contributed by atoms with Crippen LogP contribution in [0.15, 0.2) is 18.2 Å². The van der Waals surface area contributed by atoms with Crippen molar-refractivity contribution in [1.29, 1.82) is 0 Å². The second-order valence-electron chi connectivity index (χ2n) is 6.53. The molecule has 0 saturated carbocycles. The molecule has 0 radical (unpaired) electrons. The number of benzene rings is 1. The van der Waals surface area contributed by atoms with E-state index in [1.54, 1.807) is 19.2 Å². The molecule has 1 amide bonds. The molecule has 8 heteroatoms. The number of sulfone groups is 1. The number of carbonyl (C=O) groups excluding carboxylic acids is 1. The Hall–Kier alpha value is -1.80. The highest BCUT2D eigenvalue weighted by atomic mass is 32.2. The fraction of sp³-hybridized carbons (Fsp3) is 0.611. The Morgan fingerprint density at radius 1 is 1.27 bits per heavy atom. The molecule has 0 bridgehead atoms. The van der Waals surface area contributed by atoms with Crippen LogP contribution in [0.25, 0.3) is 0 Å². The molecule has 0 aromatic heterocycles. The highest BCUT2D eigenvalue weighted by molar-refractivity contribution is 7.92. The van der Waals surface area contributed by atoms with E-state index >= 15 is 0 Å². The lowest BCUT2D eigenvalue weighted by molar-refractivity contribution is -0.124. The molecule has 26 heavy (non-hydrogen) atoms. The largest absolute Gasteiger partial charge is 0.493 e. The number of amides is 1. The summed E-state index contributed by atoms with van der Waals surface area (Å²) in [6.45, 7) is 3.87. The molecular weight excluding hydrogens is 356 g/mol. The summed E-state index contributed by atoms with van der Waals surface area (Å²) < 4.78 is 34.2. The zero-order chi connectivity index (χ0) is 19.2. The van der Waals surface area contributed by atoms with Gasteiger partial charge in [-0.1, -0.05) is 13.0 Å². The van der Waals surface area contributed by atoms with Crippen LogP contribution in [0.1, 0.15) is 31.7 Å². The lowest BCUT2D eigenvalue weighted by Gasteiger charge is -2.34. The molecule has 1 aromatic rings. The van der Waals surface area contributed by atoms with Gasteiger partial charge in [-0.25, -0.2) is 8.42 Å². The second-order valence-corrected chi connectivity index (χ2v) is 8.86. The predicted molar refractivity (Wildman–Crippen MR) is 100 cm³/mol. The van der Waals surface area contributed by atoms with E-state index in [9.17, 15) is 13.2 Å². The number of piperidine rings is 1. The maximum Gasteiger partial charge on any atom is 0.241 e. The molecule has 0 atom stereocenters. The van der Waals surface area contributed by atoms with Gasteiger partial charge in [0.15, 0.2) is 26.1 Å². The number of rotatable bonds is 8. The lowest BCUT2D eigenvalue weighted by Crippen LogP contribution is -2.57. The van der Waals surface area contributed by atoms with E-state index in [1.807, 2.05) is 13.0 Å². The van der Waals surface area contributed by atoms with Crippen LogP contribution >= 0.6 is 0 Å². The molecule has 0 spiro atoms. The van der Waals surface area contributed by atoms with Crippen molar-refractivity contribution >= 4 is 15.7 Å². The third-order valence-corrected chi connectivity index (χ3v) is 6.69. The summed E-state index contributed by atoms with van der Waals surface area (Å²) in [5.74, 6) is 0.798. The molecule has 2 rings (SSSR count). The minimum Gasteiger partial charge on any atom is -0.493 e.